The van der Waals surface area contributed by atoms with Gasteiger partial charge < -0.3 is 4.74 Å². The van der Waals surface area contributed by atoms with Crippen molar-refractivity contribution in [2.75, 3.05) is 11.5 Å². The number of aryl methyl sites for hydroxylation is 1. The Labute approximate surface area is 90.0 Å². The fraction of sp³-hybridized carbons (Fsp3) is 0.455. The Bertz CT molecular complexity index is 451. The van der Waals surface area contributed by atoms with Crippen molar-refractivity contribution in [2.24, 2.45) is 0 Å². The lowest BCUT2D eigenvalue weighted by Crippen LogP contribution is -2.17. The maximum Gasteiger partial charge on any atom is 0.154 e. The van der Waals surface area contributed by atoms with Crippen molar-refractivity contribution in [3.05, 3.63) is 29.8 Å². The summed E-state index contributed by atoms with van der Waals surface area (Å²) in [5, 5.41) is 0. The molecule has 1 saturated heterocycles. The first-order chi connectivity index (χ1) is 7.05. The van der Waals surface area contributed by atoms with Crippen molar-refractivity contribution in [1.29, 1.82) is 0 Å². The monoisotopic (exact) mass is 226 g/mol. The molecule has 15 heavy (non-hydrogen) atoms. The summed E-state index contributed by atoms with van der Waals surface area (Å²) in [7, 11) is -2.85. The zero-order valence-electron chi connectivity index (χ0n) is 8.64. The van der Waals surface area contributed by atoms with Crippen molar-refractivity contribution in [2.45, 2.75) is 19.4 Å². The number of hydrogen-bond donors (Lipinski definition) is 0. The van der Waals surface area contributed by atoms with Gasteiger partial charge in [0.25, 0.3) is 0 Å². The van der Waals surface area contributed by atoms with Crippen LogP contribution >= 0.6 is 0 Å². The van der Waals surface area contributed by atoms with Crippen LogP contribution in [0.15, 0.2) is 24.3 Å². The molecule has 0 unspecified atom stereocenters. The highest BCUT2D eigenvalue weighted by atomic mass is 32.2. The second-order valence-corrected chi connectivity index (χ2v) is 6.19. The van der Waals surface area contributed by atoms with Gasteiger partial charge in [-0.2, -0.15) is 0 Å². The van der Waals surface area contributed by atoms with Crippen LogP contribution in [0.5, 0.6) is 5.75 Å². The van der Waals surface area contributed by atoms with Gasteiger partial charge in [-0.25, -0.2) is 8.42 Å². The van der Waals surface area contributed by atoms with Crippen LogP contribution in [0.3, 0.4) is 0 Å². The fourth-order valence-electron chi connectivity index (χ4n) is 1.73. The van der Waals surface area contributed by atoms with Crippen molar-refractivity contribution >= 4 is 9.84 Å². The number of sulfone groups is 1. The smallest absolute Gasteiger partial charge is 0.154 e. The van der Waals surface area contributed by atoms with E-state index in [9.17, 15) is 8.42 Å². The number of benzene rings is 1. The van der Waals surface area contributed by atoms with E-state index in [0.717, 1.165) is 11.3 Å². The molecule has 0 spiro atoms. The summed E-state index contributed by atoms with van der Waals surface area (Å²) in [6.07, 6.45) is 0.438. The molecule has 1 atom stereocenters. The first-order valence-electron chi connectivity index (χ1n) is 4.99. The molecule has 0 saturated carbocycles. The quantitative estimate of drug-likeness (QED) is 0.768. The molecule has 0 N–H and O–H groups in total. The summed E-state index contributed by atoms with van der Waals surface area (Å²) < 4.78 is 28.0. The SMILES string of the molecule is Cc1cccc(O[C@H]2CCS(=O)(=O)C2)c1. The van der Waals surface area contributed by atoms with Gasteiger partial charge in [-0.15, -0.1) is 0 Å². The molecule has 1 aliphatic heterocycles. The molecule has 2 rings (SSSR count). The van der Waals surface area contributed by atoms with Gasteiger partial charge in [-0.05, 0) is 31.0 Å². The third-order valence-corrected chi connectivity index (χ3v) is 4.22. The molecule has 3 nitrogen and oxygen atoms in total. The maximum absolute atomic E-state index is 11.2. The largest absolute Gasteiger partial charge is 0.489 e. The Morgan fingerprint density at radius 3 is 2.80 bits per heavy atom. The second kappa shape index (κ2) is 3.85. The van der Waals surface area contributed by atoms with E-state index in [1.165, 1.54) is 0 Å². The minimum absolute atomic E-state index is 0.154. The van der Waals surface area contributed by atoms with Gasteiger partial charge in [-0.3, -0.25) is 0 Å². The lowest BCUT2D eigenvalue weighted by Gasteiger charge is -2.11. The van der Waals surface area contributed by atoms with E-state index in [1.807, 2.05) is 31.2 Å². The summed E-state index contributed by atoms with van der Waals surface area (Å²) in [6, 6.07) is 7.68. The molecule has 0 radical (unpaired) electrons. The summed E-state index contributed by atoms with van der Waals surface area (Å²) in [5.74, 6) is 1.17. The average molecular weight is 226 g/mol. The molecule has 0 aliphatic carbocycles. The zero-order valence-corrected chi connectivity index (χ0v) is 9.46. The summed E-state index contributed by atoms with van der Waals surface area (Å²) in [6.45, 7) is 1.98. The highest BCUT2D eigenvalue weighted by Gasteiger charge is 2.29. The van der Waals surface area contributed by atoms with Gasteiger partial charge >= 0.3 is 0 Å². The molecule has 1 heterocycles. The average Bonchev–Trinajstić information content (AvgIpc) is 2.45. The minimum Gasteiger partial charge on any atom is -0.489 e. The molecular formula is C11H14O3S. The van der Waals surface area contributed by atoms with E-state index in [0.29, 0.717) is 6.42 Å². The normalized spacial score (nSPS) is 23.9. The van der Waals surface area contributed by atoms with Crippen LogP contribution in [0.4, 0.5) is 0 Å². The van der Waals surface area contributed by atoms with Crippen molar-refractivity contribution in [3.8, 4) is 5.75 Å². The number of rotatable bonds is 2. The van der Waals surface area contributed by atoms with Crippen molar-refractivity contribution < 1.29 is 13.2 Å². The van der Waals surface area contributed by atoms with Crippen LogP contribution in [-0.4, -0.2) is 26.0 Å². The molecule has 1 aromatic carbocycles. The van der Waals surface area contributed by atoms with Gasteiger partial charge in [0.1, 0.15) is 11.9 Å². The molecule has 1 aliphatic rings. The minimum atomic E-state index is -2.85. The fourth-order valence-corrected chi connectivity index (χ4v) is 3.32. The summed E-state index contributed by atoms with van der Waals surface area (Å²) in [5.41, 5.74) is 1.12. The van der Waals surface area contributed by atoms with Gasteiger partial charge in [0.2, 0.25) is 0 Å². The molecule has 0 bridgehead atoms. The van der Waals surface area contributed by atoms with Crippen LogP contribution in [0.2, 0.25) is 0 Å². The molecule has 0 aromatic heterocycles. The molecule has 4 heteroatoms. The van der Waals surface area contributed by atoms with E-state index < -0.39 is 9.84 Å². The first kappa shape index (κ1) is 10.5. The highest BCUT2D eigenvalue weighted by molar-refractivity contribution is 7.91. The third-order valence-electron chi connectivity index (χ3n) is 2.48. The Morgan fingerprint density at radius 1 is 1.40 bits per heavy atom. The predicted octanol–water partition coefficient (Wildman–Crippen LogP) is 1.56. The Kier molecular flexibility index (Phi) is 2.69. The molecule has 1 aromatic rings. The Morgan fingerprint density at radius 2 is 2.20 bits per heavy atom. The number of ether oxygens (including phenoxy) is 1. The lowest BCUT2D eigenvalue weighted by atomic mass is 10.2. The van der Waals surface area contributed by atoms with E-state index in [4.69, 9.17) is 4.74 Å². The molecular weight excluding hydrogens is 212 g/mol. The van der Waals surface area contributed by atoms with Crippen LogP contribution in [-0.2, 0) is 9.84 Å². The van der Waals surface area contributed by atoms with E-state index in [1.54, 1.807) is 0 Å². The van der Waals surface area contributed by atoms with Crippen LogP contribution in [0.25, 0.3) is 0 Å². The van der Waals surface area contributed by atoms with E-state index >= 15 is 0 Å². The standard InChI is InChI=1S/C11H14O3S/c1-9-3-2-4-10(7-9)14-11-5-6-15(12,13)8-11/h2-4,7,11H,5-6,8H2,1H3/t11-/m0/s1. The first-order valence-corrected chi connectivity index (χ1v) is 6.81. The predicted molar refractivity (Wildman–Crippen MR) is 58.9 cm³/mol. The maximum atomic E-state index is 11.2. The molecule has 0 amide bonds. The van der Waals surface area contributed by atoms with Crippen molar-refractivity contribution in [1.82, 2.24) is 0 Å². The molecule has 1 fully saturated rings. The lowest BCUT2D eigenvalue weighted by molar-refractivity contribution is 0.229. The number of hydrogen-bond acceptors (Lipinski definition) is 3. The highest BCUT2D eigenvalue weighted by Crippen LogP contribution is 2.20. The summed E-state index contributed by atoms with van der Waals surface area (Å²) in [4.78, 5) is 0. The third kappa shape index (κ3) is 2.72. The van der Waals surface area contributed by atoms with Crippen LogP contribution in [0.1, 0.15) is 12.0 Å². The van der Waals surface area contributed by atoms with Crippen LogP contribution < -0.4 is 4.74 Å². The Balaban J connectivity index is 2.05. The van der Waals surface area contributed by atoms with Gasteiger partial charge in [-0.1, -0.05) is 12.1 Å². The van der Waals surface area contributed by atoms with E-state index in [-0.39, 0.29) is 17.6 Å². The second-order valence-electron chi connectivity index (χ2n) is 3.96. The van der Waals surface area contributed by atoms with Crippen LogP contribution in [0, 0.1) is 6.92 Å². The van der Waals surface area contributed by atoms with Gasteiger partial charge in [0.05, 0.1) is 11.5 Å². The summed E-state index contributed by atoms with van der Waals surface area (Å²) >= 11 is 0. The van der Waals surface area contributed by atoms with E-state index in [2.05, 4.69) is 0 Å². The van der Waals surface area contributed by atoms with Crippen molar-refractivity contribution in [3.63, 3.8) is 0 Å². The topological polar surface area (TPSA) is 43.4 Å². The Hall–Kier alpha value is -1.03. The van der Waals surface area contributed by atoms with Gasteiger partial charge in [0.15, 0.2) is 9.84 Å². The van der Waals surface area contributed by atoms with Gasteiger partial charge in [0, 0.05) is 0 Å². The zero-order chi connectivity index (χ0) is 10.9. The molecule has 82 valence electrons.